The molecule has 2 aliphatic heterocycles. The van der Waals surface area contributed by atoms with Crippen molar-refractivity contribution in [2.45, 2.75) is 44.8 Å². The smallest absolute Gasteiger partial charge is 0.227 e. The van der Waals surface area contributed by atoms with Crippen LogP contribution in [0.2, 0.25) is 0 Å². The van der Waals surface area contributed by atoms with Crippen LogP contribution < -0.4 is 4.74 Å². The summed E-state index contributed by atoms with van der Waals surface area (Å²) in [6.45, 7) is 3.16. The number of ether oxygens (including phenoxy) is 2. The zero-order chi connectivity index (χ0) is 21.8. The molecule has 3 aromatic rings. The van der Waals surface area contributed by atoms with Gasteiger partial charge in [0, 0.05) is 37.7 Å². The van der Waals surface area contributed by atoms with E-state index in [2.05, 4.69) is 0 Å². The van der Waals surface area contributed by atoms with Crippen molar-refractivity contribution in [3.8, 4) is 5.75 Å². The molecule has 166 valence electrons. The highest BCUT2D eigenvalue weighted by atomic mass is 16.5. The number of hydrogen-bond acceptors (Lipinski definition) is 5. The second-order valence-corrected chi connectivity index (χ2v) is 8.43. The molecule has 0 aliphatic carbocycles. The highest BCUT2D eigenvalue weighted by molar-refractivity contribution is 5.79. The third-order valence-corrected chi connectivity index (χ3v) is 6.22. The third kappa shape index (κ3) is 4.70. The lowest BCUT2D eigenvalue weighted by atomic mass is 10.0. The minimum atomic E-state index is 0.0852. The predicted molar refractivity (Wildman–Crippen MR) is 119 cm³/mol. The van der Waals surface area contributed by atoms with Crippen LogP contribution in [-0.2, 0) is 35.5 Å². The lowest BCUT2D eigenvalue weighted by Crippen LogP contribution is -2.36. The van der Waals surface area contributed by atoms with E-state index in [0.29, 0.717) is 38.5 Å². The Morgan fingerprint density at radius 3 is 2.69 bits per heavy atom. The summed E-state index contributed by atoms with van der Waals surface area (Å²) in [4.78, 5) is 19.7. The summed E-state index contributed by atoms with van der Waals surface area (Å²) < 4.78 is 17.5. The molecule has 3 heterocycles. The van der Waals surface area contributed by atoms with E-state index in [1.807, 2.05) is 59.5 Å². The maximum Gasteiger partial charge on any atom is 0.227 e. The Kier molecular flexibility index (Phi) is 6.21. The van der Waals surface area contributed by atoms with Gasteiger partial charge < -0.3 is 18.8 Å². The Morgan fingerprint density at radius 2 is 1.84 bits per heavy atom. The van der Waals surface area contributed by atoms with Crippen LogP contribution in [0.5, 0.6) is 5.75 Å². The minimum Gasteiger partial charge on any atom is -0.489 e. The van der Waals surface area contributed by atoms with E-state index in [1.165, 1.54) is 0 Å². The minimum absolute atomic E-state index is 0.0852. The molecule has 2 aliphatic rings. The van der Waals surface area contributed by atoms with Crippen molar-refractivity contribution in [2.75, 3.05) is 19.8 Å². The summed E-state index contributed by atoms with van der Waals surface area (Å²) in [7, 11) is 0. The molecule has 0 N–H and O–H groups in total. The fraction of sp³-hybridized carbons (Fsp3) is 0.385. The van der Waals surface area contributed by atoms with Gasteiger partial charge in [0.15, 0.2) is 5.89 Å². The SMILES string of the molecule is O=C(Cc1ccccc1OCc1ccccc1)N1CCc2oc(C3CCOCC3)nc2C1. The van der Waals surface area contributed by atoms with E-state index in [4.69, 9.17) is 18.9 Å². The Hall–Kier alpha value is -3.12. The van der Waals surface area contributed by atoms with E-state index >= 15 is 0 Å². The molecule has 0 bridgehead atoms. The Balaban J connectivity index is 1.23. The molecule has 0 saturated carbocycles. The van der Waals surface area contributed by atoms with Gasteiger partial charge >= 0.3 is 0 Å². The van der Waals surface area contributed by atoms with Gasteiger partial charge in [0.25, 0.3) is 0 Å². The van der Waals surface area contributed by atoms with Crippen LogP contribution in [-0.4, -0.2) is 35.5 Å². The van der Waals surface area contributed by atoms with E-state index in [9.17, 15) is 4.79 Å². The lowest BCUT2D eigenvalue weighted by molar-refractivity contribution is -0.131. The summed E-state index contributed by atoms with van der Waals surface area (Å²) in [6.07, 6.45) is 2.91. The van der Waals surface area contributed by atoms with Crippen molar-refractivity contribution in [3.63, 3.8) is 0 Å². The summed E-state index contributed by atoms with van der Waals surface area (Å²) in [5, 5.41) is 0. The summed E-state index contributed by atoms with van der Waals surface area (Å²) in [6, 6.07) is 17.8. The largest absolute Gasteiger partial charge is 0.489 e. The van der Waals surface area contributed by atoms with E-state index < -0.39 is 0 Å². The van der Waals surface area contributed by atoms with Crippen LogP contribution in [0.3, 0.4) is 0 Å². The van der Waals surface area contributed by atoms with Crippen LogP contribution in [0.25, 0.3) is 0 Å². The molecule has 6 heteroatoms. The number of carbonyl (C=O) groups excluding carboxylic acids is 1. The number of aromatic nitrogens is 1. The molecule has 1 aromatic heterocycles. The van der Waals surface area contributed by atoms with Crippen molar-refractivity contribution in [1.29, 1.82) is 0 Å². The molecule has 0 unspecified atom stereocenters. The highest BCUT2D eigenvalue weighted by Crippen LogP contribution is 2.30. The second-order valence-electron chi connectivity index (χ2n) is 8.43. The lowest BCUT2D eigenvalue weighted by Gasteiger charge is -2.25. The van der Waals surface area contributed by atoms with E-state index in [-0.39, 0.29) is 5.91 Å². The average molecular weight is 433 g/mol. The van der Waals surface area contributed by atoms with Gasteiger partial charge in [-0.15, -0.1) is 0 Å². The molecule has 5 rings (SSSR count). The number of rotatable bonds is 6. The third-order valence-electron chi connectivity index (χ3n) is 6.22. The number of para-hydroxylation sites is 1. The van der Waals surface area contributed by atoms with Gasteiger partial charge in [-0.25, -0.2) is 4.98 Å². The molecule has 6 nitrogen and oxygen atoms in total. The molecule has 32 heavy (non-hydrogen) atoms. The maximum atomic E-state index is 13.1. The summed E-state index contributed by atoms with van der Waals surface area (Å²) in [5.74, 6) is 2.91. The first-order valence-corrected chi connectivity index (χ1v) is 11.3. The fourth-order valence-corrected chi connectivity index (χ4v) is 4.35. The van der Waals surface area contributed by atoms with Crippen molar-refractivity contribution >= 4 is 5.91 Å². The maximum absolute atomic E-state index is 13.1. The number of carbonyl (C=O) groups is 1. The van der Waals surface area contributed by atoms with E-state index in [0.717, 1.165) is 60.3 Å². The van der Waals surface area contributed by atoms with Crippen LogP contribution in [0.4, 0.5) is 0 Å². The number of amides is 1. The molecular formula is C26H28N2O4. The normalized spacial score (nSPS) is 16.6. The number of nitrogens with zero attached hydrogens (tertiary/aromatic N) is 2. The Morgan fingerprint density at radius 1 is 1.06 bits per heavy atom. The van der Waals surface area contributed by atoms with Crippen molar-refractivity contribution < 1.29 is 18.7 Å². The van der Waals surface area contributed by atoms with Crippen LogP contribution in [0.1, 0.15) is 47.2 Å². The Bertz CT molecular complexity index is 1060. The van der Waals surface area contributed by atoms with Crippen LogP contribution in [0, 0.1) is 0 Å². The predicted octanol–water partition coefficient (Wildman–Crippen LogP) is 4.28. The van der Waals surface area contributed by atoms with Crippen molar-refractivity contribution in [3.05, 3.63) is 83.1 Å². The Labute approximate surface area is 188 Å². The van der Waals surface area contributed by atoms with Gasteiger partial charge in [0.1, 0.15) is 23.8 Å². The van der Waals surface area contributed by atoms with Gasteiger partial charge in [-0.2, -0.15) is 0 Å². The second kappa shape index (κ2) is 9.57. The van der Waals surface area contributed by atoms with Crippen LogP contribution in [0.15, 0.2) is 59.0 Å². The highest BCUT2D eigenvalue weighted by Gasteiger charge is 2.29. The fourth-order valence-electron chi connectivity index (χ4n) is 4.35. The molecular weight excluding hydrogens is 404 g/mol. The van der Waals surface area contributed by atoms with Gasteiger partial charge in [0.2, 0.25) is 5.91 Å². The number of benzene rings is 2. The first-order valence-electron chi connectivity index (χ1n) is 11.3. The summed E-state index contributed by atoms with van der Waals surface area (Å²) in [5.41, 5.74) is 2.91. The molecule has 1 amide bonds. The van der Waals surface area contributed by atoms with E-state index in [1.54, 1.807) is 0 Å². The number of fused-ring (bicyclic) bond motifs is 1. The number of hydrogen-bond donors (Lipinski definition) is 0. The molecule has 1 fully saturated rings. The van der Waals surface area contributed by atoms with Crippen LogP contribution >= 0.6 is 0 Å². The standard InChI is InChI=1S/C26H28N2O4/c29-25(16-21-8-4-5-9-23(21)31-18-19-6-2-1-3-7-19)28-13-10-24-22(17-28)27-26(32-24)20-11-14-30-15-12-20/h1-9,20H,10-18H2. The van der Waals surface area contributed by atoms with Gasteiger partial charge in [0.05, 0.1) is 13.0 Å². The molecule has 0 radical (unpaired) electrons. The topological polar surface area (TPSA) is 64.8 Å². The first kappa shape index (κ1) is 20.8. The molecule has 2 aromatic carbocycles. The zero-order valence-electron chi connectivity index (χ0n) is 18.2. The number of oxazole rings is 1. The summed E-state index contributed by atoms with van der Waals surface area (Å²) >= 11 is 0. The van der Waals surface area contributed by atoms with Gasteiger partial charge in [-0.05, 0) is 24.5 Å². The molecule has 0 spiro atoms. The first-order chi connectivity index (χ1) is 15.8. The molecule has 1 saturated heterocycles. The molecule has 0 atom stereocenters. The van der Waals surface area contributed by atoms with Crippen molar-refractivity contribution in [1.82, 2.24) is 9.88 Å². The zero-order valence-corrected chi connectivity index (χ0v) is 18.2. The van der Waals surface area contributed by atoms with Gasteiger partial charge in [-0.3, -0.25) is 4.79 Å². The quantitative estimate of drug-likeness (QED) is 0.582. The monoisotopic (exact) mass is 432 g/mol. The average Bonchev–Trinajstić information content (AvgIpc) is 3.28. The van der Waals surface area contributed by atoms with Gasteiger partial charge in [-0.1, -0.05) is 48.5 Å². The van der Waals surface area contributed by atoms with Crippen molar-refractivity contribution in [2.24, 2.45) is 0 Å².